The van der Waals surface area contributed by atoms with Crippen LogP contribution in [0.4, 0.5) is 4.39 Å². The number of halogens is 2. The summed E-state index contributed by atoms with van der Waals surface area (Å²) in [5, 5.41) is 9.40. The van der Waals surface area contributed by atoms with Crippen LogP contribution in [0, 0.1) is 5.82 Å². The summed E-state index contributed by atoms with van der Waals surface area (Å²) in [4.78, 5) is 23.9. The molecule has 0 spiro atoms. The molecule has 1 atom stereocenters. The third-order valence-electron chi connectivity index (χ3n) is 4.50. The van der Waals surface area contributed by atoms with E-state index in [1.54, 1.807) is 30.3 Å². The molecule has 0 aliphatic heterocycles. The predicted octanol–water partition coefficient (Wildman–Crippen LogP) is 6.35. The highest BCUT2D eigenvalue weighted by molar-refractivity contribution is 6.31. The van der Waals surface area contributed by atoms with Gasteiger partial charge in [-0.1, -0.05) is 30.7 Å². The Hall–Kier alpha value is -3.18. The number of ether oxygens (including phenoxy) is 1. The van der Waals surface area contributed by atoms with E-state index in [9.17, 15) is 14.0 Å². The molecule has 3 rings (SSSR count). The summed E-state index contributed by atoms with van der Waals surface area (Å²) in [6.07, 6.45) is 0.187. The van der Waals surface area contributed by atoms with Crippen LogP contribution in [0.3, 0.4) is 0 Å². The zero-order valence-corrected chi connectivity index (χ0v) is 16.3. The number of hydrogen-bond acceptors (Lipinski definition) is 3. The van der Waals surface area contributed by atoms with Crippen LogP contribution in [-0.2, 0) is 0 Å². The van der Waals surface area contributed by atoms with E-state index in [-0.39, 0.29) is 29.5 Å². The highest BCUT2D eigenvalue weighted by atomic mass is 35.5. The summed E-state index contributed by atoms with van der Waals surface area (Å²) in [6.45, 7) is 1.89. The van der Waals surface area contributed by atoms with Crippen molar-refractivity contribution in [2.24, 2.45) is 0 Å². The van der Waals surface area contributed by atoms with E-state index in [0.717, 1.165) is 5.56 Å². The number of aromatic carboxylic acids is 1. The lowest BCUT2D eigenvalue weighted by Gasteiger charge is -2.14. The van der Waals surface area contributed by atoms with Gasteiger partial charge in [0.2, 0.25) is 0 Å². The van der Waals surface area contributed by atoms with Gasteiger partial charge in [-0.25, -0.2) is 9.18 Å². The van der Waals surface area contributed by atoms with Crippen molar-refractivity contribution in [2.75, 3.05) is 0 Å². The third-order valence-corrected chi connectivity index (χ3v) is 4.74. The zero-order chi connectivity index (χ0) is 21.0. The van der Waals surface area contributed by atoms with Crippen molar-refractivity contribution in [3.63, 3.8) is 0 Å². The van der Waals surface area contributed by atoms with Crippen LogP contribution >= 0.6 is 11.6 Å². The molecular weight excluding hydrogens is 395 g/mol. The summed E-state index contributed by atoms with van der Waals surface area (Å²) in [5.41, 5.74) is 1.37. The van der Waals surface area contributed by atoms with Gasteiger partial charge in [0, 0.05) is 11.4 Å². The Morgan fingerprint density at radius 1 is 1.03 bits per heavy atom. The maximum atomic E-state index is 13.1. The summed E-state index contributed by atoms with van der Waals surface area (Å²) >= 11 is 6.07. The second-order valence-electron chi connectivity index (χ2n) is 6.65. The molecule has 0 fully saturated rings. The van der Waals surface area contributed by atoms with Crippen LogP contribution in [0.15, 0.2) is 66.7 Å². The van der Waals surface area contributed by atoms with Crippen molar-refractivity contribution >= 4 is 23.4 Å². The minimum Gasteiger partial charge on any atom is -0.478 e. The van der Waals surface area contributed by atoms with Gasteiger partial charge in [-0.3, -0.25) is 4.79 Å². The third kappa shape index (κ3) is 5.21. The number of carboxylic acid groups (broad SMARTS) is 1. The molecule has 1 N–H and O–H groups in total. The first kappa shape index (κ1) is 20.6. The van der Waals surface area contributed by atoms with Crippen LogP contribution < -0.4 is 4.74 Å². The van der Waals surface area contributed by atoms with E-state index in [0.29, 0.717) is 22.1 Å². The lowest BCUT2D eigenvalue weighted by Crippen LogP contribution is -2.07. The molecule has 0 aliphatic carbocycles. The first-order chi connectivity index (χ1) is 13.8. The number of hydrogen-bond donors (Lipinski definition) is 1. The molecule has 6 heteroatoms. The second-order valence-corrected chi connectivity index (χ2v) is 7.09. The maximum Gasteiger partial charge on any atom is 0.335 e. The van der Waals surface area contributed by atoms with Gasteiger partial charge in [0.15, 0.2) is 5.78 Å². The first-order valence-electron chi connectivity index (χ1n) is 8.93. The normalized spacial score (nSPS) is 11.7. The number of carbonyl (C=O) groups excluding carboxylic acids is 1. The highest BCUT2D eigenvalue weighted by Crippen LogP contribution is 2.31. The molecule has 29 heavy (non-hydrogen) atoms. The summed E-state index contributed by atoms with van der Waals surface area (Å²) in [5.74, 6) is -0.948. The van der Waals surface area contributed by atoms with E-state index in [4.69, 9.17) is 21.4 Å². The van der Waals surface area contributed by atoms with Gasteiger partial charge >= 0.3 is 5.97 Å². The molecule has 0 bridgehead atoms. The van der Waals surface area contributed by atoms with E-state index in [1.165, 1.54) is 36.4 Å². The molecule has 0 heterocycles. The zero-order valence-electron chi connectivity index (χ0n) is 15.6. The van der Waals surface area contributed by atoms with Crippen molar-refractivity contribution in [3.05, 3.63) is 94.3 Å². The largest absolute Gasteiger partial charge is 0.478 e. The van der Waals surface area contributed by atoms with Gasteiger partial charge in [-0.2, -0.15) is 0 Å². The Morgan fingerprint density at radius 2 is 1.69 bits per heavy atom. The SMILES string of the molecule is C[C@H](CC(=O)c1cc(Cl)ccc1Oc1ccc(F)cc1)c1ccc(C(=O)O)cc1. The fraction of sp³-hybridized carbons (Fsp3) is 0.130. The van der Waals surface area contributed by atoms with Crippen molar-refractivity contribution in [2.45, 2.75) is 19.3 Å². The van der Waals surface area contributed by atoms with E-state index >= 15 is 0 Å². The summed E-state index contributed by atoms with van der Waals surface area (Å²) in [7, 11) is 0. The average molecular weight is 413 g/mol. The lowest BCUT2D eigenvalue weighted by molar-refractivity contribution is 0.0696. The quantitative estimate of drug-likeness (QED) is 0.459. The lowest BCUT2D eigenvalue weighted by atomic mass is 9.92. The number of Topliss-reactive ketones (excluding diaryl/α,β-unsaturated/α-hetero) is 1. The topological polar surface area (TPSA) is 63.6 Å². The van der Waals surface area contributed by atoms with Crippen molar-refractivity contribution < 1.29 is 23.8 Å². The van der Waals surface area contributed by atoms with Gasteiger partial charge in [0.1, 0.15) is 17.3 Å². The fourth-order valence-electron chi connectivity index (χ4n) is 2.90. The van der Waals surface area contributed by atoms with Crippen LogP contribution in [0.5, 0.6) is 11.5 Å². The van der Waals surface area contributed by atoms with Crippen molar-refractivity contribution in [3.8, 4) is 11.5 Å². The Bertz CT molecular complexity index is 1030. The number of benzene rings is 3. The van der Waals surface area contributed by atoms with Gasteiger partial charge < -0.3 is 9.84 Å². The Kier molecular flexibility index (Phi) is 6.29. The monoisotopic (exact) mass is 412 g/mol. The molecule has 3 aromatic rings. The molecule has 148 valence electrons. The molecule has 0 amide bonds. The molecule has 0 unspecified atom stereocenters. The number of carboxylic acids is 1. The van der Waals surface area contributed by atoms with E-state index in [2.05, 4.69) is 0 Å². The van der Waals surface area contributed by atoms with Gasteiger partial charge in [-0.15, -0.1) is 0 Å². The number of carbonyl (C=O) groups is 2. The van der Waals surface area contributed by atoms with Crippen LogP contribution in [0.25, 0.3) is 0 Å². The Labute approximate surface area is 172 Å². The molecule has 3 aromatic carbocycles. The summed E-state index contributed by atoms with van der Waals surface area (Å²) < 4.78 is 18.9. The fourth-order valence-corrected chi connectivity index (χ4v) is 3.07. The molecule has 0 saturated heterocycles. The predicted molar refractivity (Wildman–Crippen MR) is 109 cm³/mol. The van der Waals surface area contributed by atoms with Crippen LogP contribution in [-0.4, -0.2) is 16.9 Å². The number of rotatable bonds is 7. The average Bonchev–Trinajstić information content (AvgIpc) is 2.71. The van der Waals surface area contributed by atoms with Crippen LogP contribution in [0.1, 0.15) is 45.5 Å². The molecule has 0 aliphatic rings. The van der Waals surface area contributed by atoms with Crippen LogP contribution in [0.2, 0.25) is 5.02 Å². The van der Waals surface area contributed by atoms with Crippen molar-refractivity contribution in [1.82, 2.24) is 0 Å². The maximum absolute atomic E-state index is 13.1. The minimum absolute atomic E-state index is 0.136. The summed E-state index contributed by atoms with van der Waals surface area (Å²) in [6, 6.07) is 16.7. The van der Waals surface area contributed by atoms with Gasteiger partial charge in [0.25, 0.3) is 0 Å². The van der Waals surface area contributed by atoms with Crippen molar-refractivity contribution in [1.29, 1.82) is 0 Å². The smallest absolute Gasteiger partial charge is 0.335 e. The van der Waals surface area contributed by atoms with E-state index < -0.39 is 5.97 Å². The van der Waals surface area contributed by atoms with E-state index in [1.807, 2.05) is 6.92 Å². The van der Waals surface area contributed by atoms with Gasteiger partial charge in [-0.05, 0) is 66.1 Å². The molecular formula is C23H18ClFO4. The molecule has 0 saturated carbocycles. The number of ketones is 1. The van der Waals surface area contributed by atoms with Gasteiger partial charge in [0.05, 0.1) is 11.1 Å². The second kappa shape index (κ2) is 8.88. The minimum atomic E-state index is -0.998. The Balaban J connectivity index is 1.79. The highest BCUT2D eigenvalue weighted by Gasteiger charge is 2.18. The standard InChI is InChI=1S/C23H18ClFO4/c1-14(15-2-4-16(5-3-15)23(27)28)12-21(26)20-13-17(24)6-11-22(20)29-19-9-7-18(25)8-10-19/h2-11,13-14H,12H2,1H3,(H,27,28)/t14-/m1/s1. The first-order valence-corrected chi connectivity index (χ1v) is 9.30. The Morgan fingerprint density at radius 3 is 2.31 bits per heavy atom. The molecule has 0 radical (unpaired) electrons. The molecule has 4 nitrogen and oxygen atoms in total. The molecule has 0 aromatic heterocycles.